The van der Waals surface area contributed by atoms with Crippen molar-refractivity contribution in [3.63, 3.8) is 0 Å². The van der Waals surface area contributed by atoms with Gasteiger partial charge in [0.05, 0.1) is 5.41 Å². The van der Waals surface area contributed by atoms with Crippen LogP contribution in [0.15, 0.2) is 212 Å². The maximum Gasteiger partial charge on any atom is 0.0731 e. The summed E-state index contributed by atoms with van der Waals surface area (Å²) in [6.45, 7) is 0. The first-order chi connectivity index (χ1) is 30.3. The van der Waals surface area contributed by atoms with Crippen LogP contribution in [0.25, 0.3) is 85.5 Å². The van der Waals surface area contributed by atoms with E-state index in [2.05, 4.69) is 217 Å². The van der Waals surface area contributed by atoms with Crippen molar-refractivity contribution in [1.29, 1.82) is 0 Å². The highest BCUT2D eigenvalue weighted by Crippen LogP contribution is 2.64. The molecule has 0 fully saturated rings. The van der Waals surface area contributed by atoms with Gasteiger partial charge in [0.25, 0.3) is 0 Å². The molecule has 0 N–H and O–H groups in total. The van der Waals surface area contributed by atoms with E-state index in [1.165, 1.54) is 108 Å². The van der Waals surface area contributed by atoms with Gasteiger partial charge in [0, 0.05) is 37.2 Å². The molecule has 2 aliphatic rings. The molecule has 0 saturated carbocycles. The molecule has 1 aromatic heterocycles. The lowest BCUT2D eigenvalue weighted by Crippen LogP contribution is -2.26. The predicted molar refractivity (Wildman–Crippen MR) is 260 cm³/mol. The predicted octanol–water partition coefficient (Wildman–Crippen LogP) is 16.5. The van der Waals surface area contributed by atoms with Crippen LogP contribution in [0.1, 0.15) is 22.3 Å². The fourth-order valence-electron chi connectivity index (χ4n) is 11.4. The van der Waals surface area contributed by atoms with Crippen molar-refractivity contribution in [2.45, 2.75) is 5.41 Å². The molecule has 0 amide bonds. The Bertz CT molecular complexity index is 3770. The number of hydrogen-bond donors (Lipinski definition) is 0. The summed E-state index contributed by atoms with van der Waals surface area (Å²) in [7, 11) is 0. The molecule has 12 aromatic rings. The Morgan fingerprint density at radius 3 is 1.77 bits per heavy atom. The number of rotatable bonds is 4. The molecule has 0 saturated heterocycles. The van der Waals surface area contributed by atoms with Crippen LogP contribution < -0.4 is 4.90 Å². The van der Waals surface area contributed by atoms with E-state index in [1.807, 2.05) is 11.3 Å². The van der Waals surface area contributed by atoms with Gasteiger partial charge in [-0.2, -0.15) is 0 Å². The molecule has 282 valence electrons. The van der Waals surface area contributed by atoms with E-state index in [-0.39, 0.29) is 0 Å². The third-order valence-corrected chi connectivity index (χ3v) is 15.0. The maximum absolute atomic E-state index is 2.51. The molecule has 2 aliphatic carbocycles. The minimum atomic E-state index is -0.420. The summed E-state index contributed by atoms with van der Waals surface area (Å²) in [6.07, 6.45) is 0. The van der Waals surface area contributed by atoms with Crippen molar-refractivity contribution in [2.24, 2.45) is 0 Å². The molecule has 0 radical (unpaired) electrons. The van der Waals surface area contributed by atoms with Crippen LogP contribution in [0.2, 0.25) is 0 Å². The highest BCUT2D eigenvalue weighted by Gasteiger charge is 2.51. The zero-order chi connectivity index (χ0) is 39.8. The third-order valence-electron chi connectivity index (χ3n) is 13.8. The molecular formula is C59H35NS. The molecular weight excluding hydrogens is 755 g/mol. The second-order valence-corrected chi connectivity index (χ2v) is 17.8. The lowest BCUT2D eigenvalue weighted by atomic mass is 9.68. The standard InChI is InChI=1S/C59H35NS/c1-2-17-40(18-3-1)60(42-30-32-46-48-31-29-36-13-4-5-20-43(36)58(48)61-54(46)34-42)41-19-10-16-39(33-41)49-35-50-45-22-8-9-24-51(45)59(57(50)47-23-7-6-21-44(47)49)52-25-11-14-37-27-28-38-15-12-26-53(59)56(38)55(37)52/h1-35H. The molecule has 14 rings (SSSR count). The second-order valence-electron chi connectivity index (χ2n) is 16.7. The smallest absolute Gasteiger partial charge is 0.0731 e. The Balaban J connectivity index is 0.992. The largest absolute Gasteiger partial charge is 0.310 e. The number of anilines is 3. The summed E-state index contributed by atoms with van der Waals surface area (Å²) < 4.78 is 2.64. The van der Waals surface area contributed by atoms with Crippen LogP contribution in [0, 0.1) is 0 Å². The molecule has 0 aliphatic heterocycles. The van der Waals surface area contributed by atoms with E-state index < -0.39 is 5.41 Å². The average Bonchev–Trinajstić information content (AvgIpc) is 3.96. The first-order valence-corrected chi connectivity index (χ1v) is 22.0. The molecule has 61 heavy (non-hydrogen) atoms. The van der Waals surface area contributed by atoms with Gasteiger partial charge in [-0.25, -0.2) is 0 Å². The SMILES string of the molecule is c1ccc(N(c2cccc(-c3cc4c(c5ccccc35)C3(c5ccccc5-4)c4cccc5ccc6cccc3c6c45)c2)c2ccc3c(c2)sc2c4ccccc4ccc32)cc1. The summed E-state index contributed by atoms with van der Waals surface area (Å²) in [4.78, 5) is 2.42. The molecule has 1 spiro atoms. The number of benzene rings is 11. The topological polar surface area (TPSA) is 3.24 Å². The van der Waals surface area contributed by atoms with Gasteiger partial charge in [0.1, 0.15) is 0 Å². The lowest BCUT2D eigenvalue weighted by Gasteiger charge is -2.32. The molecule has 11 aromatic carbocycles. The Kier molecular flexibility index (Phi) is 6.70. The van der Waals surface area contributed by atoms with Crippen LogP contribution in [0.3, 0.4) is 0 Å². The van der Waals surface area contributed by atoms with E-state index >= 15 is 0 Å². The number of hydrogen-bond acceptors (Lipinski definition) is 2. The molecule has 1 nitrogen and oxygen atoms in total. The van der Waals surface area contributed by atoms with Gasteiger partial charge in [-0.15, -0.1) is 11.3 Å². The highest BCUT2D eigenvalue weighted by atomic mass is 32.1. The summed E-state index contributed by atoms with van der Waals surface area (Å²) in [5, 5.41) is 13.2. The molecule has 0 bridgehead atoms. The quantitative estimate of drug-likeness (QED) is 0.161. The van der Waals surface area contributed by atoms with Gasteiger partial charge < -0.3 is 4.90 Å². The fourth-order valence-corrected chi connectivity index (χ4v) is 12.6. The van der Waals surface area contributed by atoms with Crippen LogP contribution in [0.4, 0.5) is 17.1 Å². The van der Waals surface area contributed by atoms with Crippen molar-refractivity contribution in [2.75, 3.05) is 4.90 Å². The normalized spacial score (nSPS) is 13.4. The summed E-state index contributed by atoms with van der Waals surface area (Å²) in [6, 6.07) is 79.7. The van der Waals surface area contributed by atoms with E-state index in [4.69, 9.17) is 0 Å². The first-order valence-electron chi connectivity index (χ1n) is 21.2. The van der Waals surface area contributed by atoms with Crippen LogP contribution in [0.5, 0.6) is 0 Å². The zero-order valence-corrected chi connectivity index (χ0v) is 33.9. The number of fused-ring (bicyclic) bond motifs is 14. The van der Waals surface area contributed by atoms with E-state index in [9.17, 15) is 0 Å². The van der Waals surface area contributed by atoms with Crippen molar-refractivity contribution in [1.82, 2.24) is 0 Å². The Labute approximate surface area is 357 Å². The van der Waals surface area contributed by atoms with E-state index in [1.54, 1.807) is 0 Å². The Morgan fingerprint density at radius 2 is 0.951 bits per heavy atom. The molecule has 2 heteroatoms. The first kappa shape index (κ1) is 33.3. The molecule has 0 atom stereocenters. The van der Waals surface area contributed by atoms with Crippen LogP contribution in [-0.2, 0) is 5.41 Å². The third kappa shape index (κ3) is 4.39. The van der Waals surface area contributed by atoms with Gasteiger partial charge in [0.2, 0.25) is 0 Å². The molecule has 1 heterocycles. The van der Waals surface area contributed by atoms with Crippen LogP contribution >= 0.6 is 11.3 Å². The number of thiophene rings is 1. The Morgan fingerprint density at radius 1 is 0.344 bits per heavy atom. The number of nitrogens with zero attached hydrogens (tertiary/aromatic N) is 1. The Hall–Kier alpha value is -7.52. The minimum absolute atomic E-state index is 0.420. The lowest BCUT2D eigenvalue weighted by molar-refractivity contribution is 0.804. The van der Waals surface area contributed by atoms with E-state index in [0.29, 0.717) is 0 Å². The molecule has 0 unspecified atom stereocenters. The minimum Gasteiger partial charge on any atom is -0.310 e. The van der Waals surface area contributed by atoms with Crippen LogP contribution in [-0.4, -0.2) is 0 Å². The number of para-hydroxylation sites is 1. The van der Waals surface area contributed by atoms with Gasteiger partial charge in [-0.05, 0) is 130 Å². The van der Waals surface area contributed by atoms with Gasteiger partial charge in [0.15, 0.2) is 0 Å². The zero-order valence-electron chi connectivity index (χ0n) is 33.1. The highest BCUT2D eigenvalue weighted by molar-refractivity contribution is 7.26. The van der Waals surface area contributed by atoms with Gasteiger partial charge >= 0.3 is 0 Å². The maximum atomic E-state index is 2.51. The van der Waals surface area contributed by atoms with Crippen molar-refractivity contribution < 1.29 is 0 Å². The second kappa shape index (κ2) is 12.3. The summed E-state index contributed by atoms with van der Waals surface area (Å²) in [5.74, 6) is 0. The van der Waals surface area contributed by atoms with Crippen molar-refractivity contribution >= 4 is 91.7 Å². The summed E-state index contributed by atoms with van der Waals surface area (Å²) in [5.41, 5.74) is 13.6. The monoisotopic (exact) mass is 789 g/mol. The van der Waals surface area contributed by atoms with Gasteiger partial charge in [-0.1, -0.05) is 170 Å². The van der Waals surface area contributed by atoms with Crippen molar-refractivity contribution in [3.8, 4) is 22.3 Å². The summed E-state index contributed by atoms with van der Waals surface area (Å²) >= 11 is 1.89. The van der Waals surface area contributed by atoms with E-state index in [0.717, 1.165) is 17.1 Å². The fraction of sp³-hybridized carbons (Fsp3) is 0.0169. The average molecular weight is 790 g/mol. The van der Waals surface area contributed by atoms with Crippen molar-refractivity contribution in [3.05, 3.63) is 235 Å². The van der Waals surface area contributed by atoms with Gasteiger partial charge in [-0.3, -0.25) is 0 Å².